The molecule has 5 aliphatic heterocycles. The molecule has 0 spiro atoms. The summed E-state index contributed by atoms with van der Waals surface area (Å²) in [5.74, 6) is -0.792. The second-order valence-corrected chi connectivity index (χ2v) is 12.6. The first-order valence-electron chi connectivity index (χ1n) is 15.7. The van der Waals surface area contributed by atoms with Crippen LogP contribution in [0.25, 0.3) is 32.9 Å². The lowest BCUT2D eigenvalue weighted by Crippen LogP contribution is -2.45. The number of hydrogen-bond donors (Lipinski definition) is 1. The van der Waals surface area contributed by atoms with Gasteiger partial charge in [0.2, 0.25) is 0 Å². The molecule has 6 bridgehead atoms. The second-order valence-electron chi connectivity index (χ2n) is 12.6. The number of hydrogen-bond acceptors (Lipinski definition) is 9. The van der Waals surface area contributed by atoms with Crippen molar-refractivity contribution in [3.63, 3.8) is 0 Å². The number of anilines is 1. The Balaban J connectivity index is 1.30. The number of benzene rings is 2. The number of fused-ring (bicyclic) bond motifs is 6. The topological polar surface area (TPSA) is 93.1 Å². The molecule has 5 aliphatic rings. The Hall–Kier alpha value is -3.74. The van der Waals surface area contributed by atoms with Gasteiger partial charge in [0.1, 0.15) is 41.4 Å². The summed E-state index contributed by atoms with van der Waals surface area (Å²) in [5.41, 5.74) is 0.161. The van der Waals surface area contributed by atoms with Crippen molar-refractivity contribution in [2.24, 2.45) is 0 Å². The minimum Gasteiger partial charge on any atom is -0.508 e. The molecule has 2 aromatic heterocycles. The number of morpholine rings is 1. The van der Waals surface area contributed by atoms with Crippen molar-refractivity contribution >= 4 is 27.5 Å². The summed E-state index contributed by atoms with van der Waals surface area (Å²) in [6.45, 7) is 3.48. The maximum Gasteiger partial charge on any atom is 0.319 e. The molecule has 1 N–H and O–H groups in total. The molecule has 3 atom stereocenters. The predicted molar refractivity (Wildman–Crippen MR) is 161 cm³/mol. The van der Waals surface area contributed by atoms with Crippen LogP contribution in [0.2, 0.25) is 0 Å². The number of halogens is 3. The van der Waals surface area contributed by atoms with E-state index in [0.717, 1.165) is 19.4 Å². The number of phenols is 1. The fourth-order valence-corrected chi connectivity index (χ4v) is 7.67. The second kappa shape index (κ2) is 11.3. The molecule has 12 heteroatoms. The highest BCUT2D eigenvalue weighted by atomic mass is 19.1. The third-order valence-electron chi connectivity index (χ3n) is 9.74. The largest absolute Gasteiger partial charge is 0.508 e. The van der Waals surface area contributed by atoms with E-state index in [1.807, 2.05) is 4.90 Å². The molecule has 3 saturated heterocycles. The van der Waals surface area contributed by atoms with Crippen LogP contribution >= 0.6 is 0 Å². The molecule has 2 unspecified atom stereocenters. The summed E-state index contributed by atoms with van der Waals surface area (Å²) in [4.78, 5) is 18.0. The quantitative estimate of drug-likeness (QED) is 0.341. The first-order chi connectivity index (χ1) is 21.9. The Kier molecular flexibility index (Phi) is 7.18. The summed E-state index contributed by atoms with van der Waals surface area (Å²) in [6, 6.07) is 5.86. The standard InChI is InChI=1S/C33H34F3N5O4/c34-20-13-33(6-2-7-41(33)15-20)18-45-32-38-30-25-14-37-29(28(30)36)24-12-21(42)11-19-4-5-26(35)23(27(19)24)3-1-9-43-17-22-16-40(8-10-44-22)31(25)39-32/h4-5,11-12,14,20,22,42H,1-3,6-10,13,15-18H2/t20-,22?,33?/m1/s1. The van der Waals surface area contributed by atoms with E-state index < -0.39 is 23.3 Å². The SMILES string of the molecule is Oc1cc2c3c(c(F)ccc3c1)CCCOCC1CN(CCO1)c1nc(OCC34CCCN3C[C@H](F)C4)nc3c(F)c-2ncc13. The van der Waals surface area contributed by atoms with Crippen LogP contribution in [0.15, 0.2) is 30.5 Å². The molecular weight excluding hydrogens is 587 g/mol. The van der Waals surface area contributed by atoms with Gasteiger partial charge < -0.3 is 24.2 Å². The fourth-order valence-electron chi connectivity index (χ4n) is 7.67. The molecule has 2 aromatic carbocycles. The number of aryl methyl sites for hydroxylation is 1. The van der Waals surface area contributed by atoms with E-state index in [9.17, 15) is 9.50 Å². The summed E-state index contributed by atoms with van der Waals surface area (Å²) < 4.78 is 64.8. The van der Waals surface area contributed by atoms with Crippen LogP contribution in [0.3, 0.4) is 0 Å². The Morgan fingerprint density at radius 3 is 2.91 bits per heavy atom. The molecular formula is C33H34F3N5O4. The number of ether oxygens (including phenoxy) is 3. The van der Waals surface area contributed by atoms with Gasteiger partial charge in [-0.2, -0.15) is 9.97 Å². The van der Waals surface area contributed by atoms with Gasteiger partial charge in [-0.3, -0.25) is 9.88 Å². The molecule has 0 radical (unpaired) electrons. The van der Waals surface area contributed by atoms with Crippen LogP contribution in [-0.2, 0) is 15.9 Å². The van der Waals surface area contributed by atoms with Crippen LogP contribution in [0.4, 0.5) is 19.0 Å². The Morgan fingerprint density at radius 1 is 1.09 bits per heavy atom. The van der Waals surface area contributed by atoms with Gasteiger partial charge >= 0.3 is 6.01 Å². The van der Waals surface area contributed by atoms with Gasteiger partial charge in [-0.05, 0) is 66.8 Å². The third kappa shape index (κ3) is 5.03. The molecule has 0 saturated carbocycles. The first-order valence-corrected chi connectivity index (χ1v) is 15.7. The van der Waals surface area contributed by atoms with Crippen LogP contribution in [0, 0.1) is 11.6 Å². The fraction of sp³-hybridized carbons (Fsp3) is 0.485. The molecule has 0 aliphatic carbocycles. The Labute approximate surface area is 257 Å². The first kappa shape index (κ1) is 28.7. The van der Waals surface area contributed by atoms with Gasteiger partial charge in [-0.25, -0.2) is 13.2 Å². The predicted octanol–water partition coefficient (Wildman–Crippen LogP) is 4.95. The summed E-state index contributed by atoms with van der Waals surface area (Å²) >= 11 is 0. The van der Waals surface area contributed by atoms with E-state index in [-0.39, 0.29) is 41.2 Å². The van der Waals surface area contributed by atoms with Gasteiger partial charge in [-0.1, -0.05) is 6.07 Å². The van der Waals surface area contributed by atoms with Crippen molar-refractivity contribution in [1.29, 1.82) is 0 Å². The Bertz CT molecular complexity index is 1790. The zero-order valence-corrected chi connectivity index (χ0v) is 24.8. The van der Waals surface area contributed by atoms with Gasteiger partial charge in [0, 0.05) is 44.4 Å². The molecule has 9 nitrogen and oxygen atoms in total. The zero-order chi connectivity index (χ0) is 30.7. The van der Waals surface area contributed by atoms with E-state index in [2.05, 4.69) is 14.9 Å². The zero-order valence-electron chi connectivity index (χ0n) is 24.8. The van der Waals surface area contributed by atoms with E-state index in [0.29, 0.717) is 86.3 Å². The number of phenolic OH excluding ortho intramolecular Hbond substituents is 1. The normalized spacial score (nSPS) is 25.4. The van der Waals surface area contributed by atoms with Gasteiger partial charge in [-0.15, -0.1) is 0 Å². The van der Waals surface area contributed by atoms with Gasteiger partial charge in [0.25, 0.3) is 0 Å². The summed E-state index contributed by atoms with van der Waals surface area (Å²) in [5, 5.41) is 12.0. The maximum absolute atomic E-state index is 16.8. The lowest BCUT2D eigenvalue weighted by Gasteiger charge is -2.34. The molecule has 3 fully saturated rings. The lowest BCUT2D eigenvalue weighted by molar-refractivity contribution is -0.0240. The van der Waals surface area contributed by atoms with Crippen LogP contribution in [0.5, 0.6) is 11.8 Å². The number of pyridine rings is 1. The van der Waals surface area contributed by atoms with E-state index >= 15 is 8.78 Å². The van der Waals surface area contributed by atoms with Gasteiger partial charge in [0.15, 0.2) is 5.82 Å². The van der Waals surface area contributed by atoms with Crippen molar-refractivity contribution in [1.82, 2.24) is 19.9 Å². The summed E-state index contributed by atoms with van der Waals surface area (Å²) in [7, 11) is 0. The number of aromatic hydroxyl groups is 1. The number of alkyl halides is 1. The lowest BCUT2D eigenvalue weighted by atomic mass is 9.93. The molecule has 7 heterocycles. The van der Waals surface area contributed by atoms with Crippen molar-refractivity contribution in [3.8, 4) is 23.0 Å². The number of nitrogens with zero attached hydrogens (tertiary/aromatic N) is 5. The highest BCUT2D eigenvalue weighted by Crippen LogP contribution is 2.42. The molecule has 45 heavy (non-hydrogen) atoms. The van der Waals surface area contributed by atoms with E-state index in [4.69, 9.17) is 19.2 Å². The third-order valence-corrected chi connectivity index (χ3v) is 9.74. The smallest absolute Gasteiger partial charge is 0.319 e. The van der Waals surface area contributed by atoms with Crippen molar-refractivity contribution < 1.29 is 32.5 Å². The maximum atomic E-state index is 16.8. The highest BCUT2D eigenvalue weighted by Gasteiger charge is 2.49. The van der Waals surface area contributed by atoms with Crippen molar-refractivity contribution in [3.05, 3.63) is 47.7 Å². The minimum atomic E-state index is -0.917. The van der Waals surface area contributed by atoms with Crippen LogP contribution in [0.1, 0.15) is 31.2 Å². The molecule has 4 aromatic rings. The van der Waals surface area contributed by atoms with Crippen molar-refractivity contribution in [2.75, 3.05) is 57.5 Å². The average molecular weight is 622 g/mol. The molecule has 236 valence electrons. The molecule has 9 rings (SSSR count). The monoisotopic (exact) mass is 621 g/mol. The number of aromatic nitrogens is 3. The van der Waals surface area contributed by atoms with E-state index in [1.54, 1.807) is 6.07 Å². The van der Waals surface area contributed by atoms with E-state index in [1.165, 1.54) is 24.4 Å². The van der Waals surface area contributed by atoms with Crippen molar-refractivity contribution in [2.45, 2.75) is 49.9 Å². The average Bonchev–Trinajstić information content (AvgIpc) is 3.56. The van der Waals surface area contributed by atoms with Gasteiger partial charge in [0.05, 0.1) is 30.2 Å². The number of rotatable bonds is 3. The summed E-state index contributed by atoms with van der Waals surface area (Å²) in [6.07, 6.45) is 3.38. The minimum absolute atomic E-state index is 0.00333. The van der Waals surface area contributed by atoms with Crippen LogP contribution < -0.4 is 9.64 Å². The van der Waals surface area contributed by atoms with Crippen LogP contribution in [-0.4, -0.2) is 95.4 Å². The molecule has 0 amide bonds. The Morgan fingerprint density at radius 2 is 2.00 bits per heavy atom. The highest BCUT2D eigenvalue weighted by molar-refractivity contribution is 6.01.